The summed E-state index contributed by atoms with van der Waals surface area (Å²) in [5, 5.41) is 31.3. The van der Waals surface area contributed by atoms with Gasteiger partial charge in [-0.1, -0.05) is 12.8 Å². The van der Waals surface area contributed by atoms with Crippen LogP contribution in [0.25, 0.3) is 16.9 Å². The van der Waals surface area contributed by atoms with Crippen molar-refractivity contribution in [3.05, 3.63) is 36.2 Å². The van der Waals surface area contributed by atoms with Crippen molar-refractivity contribution in [3.63, 3.8) is 0 Å². The molecule has 2 aliphatic rings. The number of fused-ring (bicyclic) bond motifs is 2. The number of phenols is 1. The van der Waals surface area contributed by atoms with Gasteiger partial charge in [-0.2, -0.15) is 0 Å². The highest BCUT2D eigenvalue weighted by molar-refractivity contribution is 5.68. The van der Waals surface area contributed by atoms with Gasteiger partial charge in [-0.05, 0) is 67.5 Å². The number of nitrogens with zero attached hydrogens (tertiary/aromatic N) is 7. The molecule has 2 unspecified atom stereocenters. The van der Waals surface area contributed by atoms with E-state index < -0.39 is 0 Å². The van der Waals surface area contributed by atoms with Gasteiger partial charge >= 0.3 is 0 Å². The molecule has 1 N–H and O–H groups in total. The molecule has 3 aromatic rings. The van der Waals surface area contributed by atoms with E-state index in [1.165, 1.54) is 36.9 Å². The summed E-state index contributed by atoms with van der Waals surface area (Å²) in [7, 11) is 2.12. The van der Waals surface area contributed by atoms with Crippen molar-refractivity contribution in [3.8, 4) is 22.7 Å². The molecule has 3 atom stereocenters. The summed E-state index contributed by atoms with van der Waals surface area (Å²) in [4.78, 5) is 3.67. The van der Waals surface area contributed by atoms with Crippen LogP contribution in [0.1, 0.15) is 37.9 Å². The number of aryl methyl sites for hydroxylation is 1. The van der Waals surface area contributed by atoms with E-state index in [0.29, 0.717) is 28.8 Å². The number of anilines is 1. The second kappa shape index (κ2) is 7.09. The predicted octanol–water partition coefficient (Wildman–Crippen LogP) is 3.15. The Hall–Kier alpha value is -3.03. The van der Waals surface area contributed by atoms with Gasteiger partial charge in [-0.15, -0.1) is 25.2 Å². The first-order chi connectivity index (χ1) is 14.1. The average Bonchev–Trinajstić information content (AvgIpc) is 3.32. The van der Waals surface area contributed by atoms with Gasteiger partial charge < -0.3 is 10.0 Å². The van der Waals surface area contributed by atoms with Crippen LogP contribution in [0.15, 0.2) is 30.3 Å². The van der Waals surface area contributed by atoms with Gasteiger partial charge in [0.05, 0.1) is 11.4 Å². The highest BCUT2D eigenvalue weighted by atomic mass is 16.3. The summed E-state index contributed by atoms with van der Waals surface area (Å²) in [5.74, 6) is 3.33. The summed E-state index contributed by atoms with van der Waals surface area (Å²) in [6, 6.07) is 9.70. The van der Waals surface area contributed by atoms with Crippen LogP contribution < -0.4 is 4.90 Å². The van der Waals surface area contributed by atoms with Gasteiger partial charge in [0.15, 0.2) is 11.6 Å². The Bertz CT molecular complexity index is 1000. The standard InChI is InChI=1S/C21H25N7O/c1-13-22-26-28(25-13)16-5-6-18(20(29)12-16)19-7-8-21(24-23-19)27(2)17-10-14-3-4-15(9-14)11-17/h5-8,12,14-15,17,29H,3-4,9-11H2,1-2H3/t14-,15?,17?/m0/s1. The Morgan fingerprint density at radius 3 is 2.41 bits per heavy atom. The number of hydrogen-bond donors (Lipinski definition) is 1. The average molecular weight is 391 g/mol. The molecule has 8 nitrogen and oxygen atoms in total. The molecule has 0 amide bonds. The monoisotopic (exact) mass is 391 g/mol. The Morgan fingerprint density at radius 2 is 1.79 bits per heavy atom. The number of aromatic hydroxyl groups is 1. The highest BCUT2D eigenvalue weighted by Crippen LogP contribution is 2.43. The SMILES string of the molecule is Cc1nnn(-c2ccc(-c3ccc(N(C)C4CC5CC[C@@H](C5)C4)nn3)c(O)c2)n1. The first kappa shape index (κ1) is 18.0. The molecule has 2 fully saturated rings. The zero-order valence-electron chi connectivity index (χ0n) is 16.7. The number of phenolic OH excluding ortho intramolecular Hbond substituents is 1. The maximum absolute atomic E-state index is 10.5. The molecule has 8 heteroatoms. The van der Waals surface area contributed by atoms with Crippen molar-refractivity contribution in [2.24, 2.45) is 11.8 Å². The summed E-state index contributed by atoms with van der Waals surface area (Å²) >= 11 is 0. The van der Waals surface area contributed by atoms with Crippen molar-refractivity contribution in [1.29, 1.82) is 0 Å². The number of aromatic nitrogens is 6. The lowest BCUT2D eigenvalue weighted by molar-refractivity contribution is 0.312. The normalized spacial score (nSPS) is 23.3. The molecule has 2 heterocycles. The molecule has 150 valence electrons. The topological polar surface area (TPSA) is 92.9 Å². The minimum absolute atomic E-state index is 0.108. The van der Waals surface area contributed by atoms with Crippen LogP contribution in [-0.2, 0) is 0 Å². The van der Waals surface area contributed by atoms with E-state index in [1.54, 1.807) is 19.1 Å². The molecule has 1 aromatic carbocycles. The molecule has 5 rings (SSSR count). The molecule has 29 heavy (non-hydrogen) atoms. The zero-order valence-corrected chi connectivity index (χ0v) is 16.7. The maximum Gasteiger partial charge on any atom is 0.172 e. The molecular formula is C21H25N7O. The summed E-state index contributed by atoms with van der Waals surface area (Å²) < 4.78 is 0. The van der Waals surface area contributed by atoms with Gasteiger partial charge in [-0.3, -0.25) is 0 Å². The predicted molar refractivity (Wildman–Crippen MR) is 109 cm³/mol. The fourth-order valence-corrected chi connectivity index (χ4v) is 4.89. The Morgan fingerprint density at radius 1 is 1.00 bits per heavy atom. The molecule has 2 saturated carbocycles. The van der Waals surface area contributed by atoms with Crippen molar-refractivity contribution >= 4 is 5.82 Å². The zero-order chi connectivity index (χ0) is 20.0. The smallest absolute Gasteiger partial charge is 0.172 e. The van der Waals surface area contributed by atoms with Gasteiger partial charge in [0.25, 0.3) is 0 Å². The first-order valence-electron chi connectivity index (χ1n) is 10.2. The Kier molecular flexibility index (Phi) is 4.41. The quantitative estimate of drug-likeness (QED) is 0.730. The summed E-state index contributed by atoms with van der Waals surface area (Å²) in [6.07, 6.45) is 6.70. The van der Waals surface area contributed by atoms with Crippen LogP contribution in [0.4, 0.5) is 5.82 Å². The minimum atomic E-state index is 0.108. The molecule has 0 aliphatic heterocycles. The fraction of sp³-hybridized carbons (Fsp3) is 0.476. The second-order valence-electron chi connectivity index (χ2n) is 8.39. The lowest BCUT2D eigenvalue weighted by atomic mass is 9.85. The van der Waals surface area contributed by atoms with E-state index >= 15 is 0 Å². The molecule has 0 radical (unpaired) electrons. The third kappa shape index (κ3) is 3.43. The number of tetrazole rings is 1. The van der Waals surface area contributed by atoms with E-state index in [1.807, 2.05) is 18.2 Å². The lowest BCUT2D eigenvalue weighted by Crippen LogP contribution is -2.37. The van der Waals surface area contributed by atoms with Gasteiger partial charge in [0.1, 0.15) is 5.75 Å². The van der Waals surface area contributed by atoms with Gasteiger partial charge in [-0.25, -0.2) is 0 Å². The van der Waals surface area contributed by atoms with Crippen LogP contribution in [0.5, 0.6) is 5.75 Å². The van der Waals surface area contributed by atoms with E-state index in [0.717, 1.165) is 17.7 Å². The van der Waals surface area contributed by atoms with Gasteiger partial charge in [0.2, 0.25) is 0 Å². The maximum atomic E-state index is 10.5. The lowest BCUT2D eigenvalue weighted by Gasteiger charge is -2.35. The van der Waals surface area contributed by atoms with E-state index in [9.17, 15) is 5.11 Å². The van der Waals surface area contributed by atoms with Crippen molar-refractivity contribution in [2.45, 2.75) is 45.1 Å². The first-order valence-corrected chi connectivity index (χ1v) is 10.2. The Labute approximate surface area is 169 Å². The highest BCUT2D eigenvalue weighted by Gasteiger charge is 2.36. The fourth-order valence-electron chi connectivity index (χ4n) is 4.89. The number of benzene rings is 1. The third-order valence-electron chi connectivity index (χ3n) is 6.42. The molecule has 2 bridgehead atoms. The molecule has 0 spiro atoms. The largest absolute Gasteiger partial charge is 0.507 e. The van der Waals surface area contributed by atoms with Crippen LogP contribution in [-0.4, -0.2) is 48.6 Å². The van der Waals surface area contributed by atoms with Crippen LogP contribution in [0.2, 0.25) is 0 Å². The van der Waals surface area contributed by atoms with Crippen molar-refractivity contribution in [2.75, 3.05) is 11.9 Å². The molecule has 2 aliphatic carbocycles. The van der Waals surface area contributed by atoms with Crippen LogP contribution in [0, 0.1) is 18.8 Å². The number of hydrogen-bond acceptors (Lipinski definition) is 7. The molecular weight excluding hydrogens is 366 g/mol. The van der Waals surface area contributed by atoms with E-state index in [-0.39, 0.29) is 5.75 Å². The summed E-state index contributed by atoms with van der Waals surface area (Å²) in [6.45, 7) is 1.77. The van der Waals surface area contributed by atoms with E-state index in [2.05, 4.69) is 37.6 Å². The minimum Gasteiger partial charge on any atom is -0.507 e. The number of rotatable bonds is 4. The molecule has 2 aromatic heterocycles. The van der Waals surface area contributed by atoms with E-state index in [4.69, 9.17) is 0 Å². The van der Waals surface area contributed by atoms with Gasteiger partial charge in [0, 0.05) is 24.7 Å². The van der Waals surface area contributed by atoms with Crippen LogP contribution in [0.3, 0.4) is 0 Å². The molecule has 0 saturated heterocycles. The van der Waals surface area contributed by atoms with Crippen molar-refractivity contribution in [1.82, 2.24) is 30.4 Å². The second-order valence-corrected chi connectivity index (χ2v) is 8.39. The Balaban J connectivity index is 1.34. The third-order valence-corrected chi connectivity index (χ3v) is 6.42. The summed E-state index contributed by atoms with van der Waals surface area (Å²) in [5.41, 5.74) is 1.91. The van der Waals surface area contributed by atoms with Crippen molar-refractivity contribution < 1.29 is 5.11 Å². The van der Waals surface area contributed by atoms with Crippen LogP contribution >= 0.6 is 0 Å².